The Hall–Kier alpha value is -1.58. The molecule has 82 valence electrons. The molecule has 0 saturated heterocycles. The lowest BCUT2D eigenvalue weighted by Gasteiger charge is -2.16. The minimum absolute atomic E-state index is 0.176. The second-order valence-corrected chi connectivity index (χ2v) is 4.43. The Bertz CT molecular complexity index is 426. The molecule has 0 atom stereocenters. The van der Waals surface area contributed by atoms with Gasteiger partial charge in [0.15, 0.2) is 0 Å². The highest BCUT2D eigenvalue weighted by atomic mass is 16.4. The van der Waals surface area contributed by atoms with E-state index in [9.17, 15) is 9.59 Å². The summed E-state index contributed by atoms with van der Waals surface area (Å²) in [5, 5.41) is 2.41. The predicted molar refractivity (Wildman–Crippen MR) is 58.0 cm³/mol. The van der Waals surface area contributed by atoms with Gasteiger partial charge in [-0.1, -0.05) is 20.8 Å². The van der Waals surface area contributed by atoms with Gasteiger partial charge in [0.1, 0.15) is 11.4 Å². The molecule has 1 aromatic heterocycles. The van der Waals surface area contributed by atoms with Gasteiger partial charge in [0, 0.05) is 12.3 Å². The molecule has 4 nitrogen and oxygen atoms in total. The molecule has 15 heavy (non-hydrogen) atoms. The van der Waals surface area contributed by atoms with Gasteiger partial charge in [-0.3, -0.25) is 4.79 Å². The largest absolute Gasteiger partial charge is 0.426 e. The maximum atomic E-state index is 11.4. The molecular formula is C11H15NO3. The fourth-order valence-electron chi connectivity index (χ4n) is 1.10. The van der Waals surface area contributed by atoms with Gasteiger partial charge in [-0.25, -0.2) is 4.79 Å². The summed E-state index contributed by atoms with van der Waals surface area (Å²) in [5.74, 6) is 0.312. The summed E-state index contributed by atoms with van der Waals surface area (Å²) in [5.41, 5.74) is -0.554. The highest BCUT2D eigenvalue weighted by Crippen LogP contribution is 2.21. The van der Waals surface area contributed by atoms with Crippen LogP contribution < -0.4 is 10.9 Å². The maximum absolute atomic E-state index is 11.4. The van der Waals surface area contributed by atoms with Crippen molar-refractivity contribution in [1.82, 2.24) is 0 Å². The first-order valence-corrected chi connectivity index (χ1v) is 4.73. The summed E-state index contributed by atoms with van der Waals surface area (Å²) < 4.78 is 5.10. The van der Waals surface area contributed by atoms with Crippen LogP contribution in [-0.4, -0.2) is 5.91 Å². The van der Waals surface area contributed by atoms with Crippen molar-refractivity contribution in [2.75, 3.05) is 5.32 Å². The molecular weight excluding hydrogens is 194 g/mol. The molecule has 4 heteroatoms. The van der Waals surface area contributed by atoms with E-state index in [1.54, 1.807) is 12.1 Å². The number of hydrogen-bond acceptors (Lipinski definition) is 3. The molecule has 0 aliphatic carbocycles. The fourth-order valence-corrected chi connectivity index (χ4v) is 1.10. The number of amides is 1. The van der Waals surface area contributed by atoms with Gasteiger partial charge in [-0.05, 0) is 12.1 Å². The molecule has 1 heterocycles. The minimum Gasteiger partial charge on any atom is -0.426 e. The van der Waals surface area contributed by atoms with Crippen LogP contribution in [0.2, 0.25) is 0 Å². The Morgan fingerprint density at radius 1 is 1.33 bits per heavy atom. The summed E-state index contributed by atoms with van der Waals surface area (Å²) in [7, 11) is 0. The third-order valence-electron chi connectivity index (χ3n) is 1.87. The van der Waals surface area contributed by atoms with E-state index in [2.05, 4.69) is 5.32 Å². The number of carbonyl (C=O) groups is 1. The van der Waals surface area contributed by atoms with Crippen molar-refractivity contribution in [3.63, 3.8) is 0 Å². The average molecular weight is 209 g/mol. The van der Waals surface area contributed by atoms with E-state index < -0.39 is 5.63 Å². The maximum Gasteiger partial charge on any atom is 0.359 e. The number of rotatable bonds is 1. The molecule has 0 aliphatic rings. The van der Waals surface area contributed by atoms with Crippen LogP contribution >= 0.6 is 0 Å². The normalized spacial score (nSPS) is 11.2. The van der Waals surface area contributed by atoms with Crippen LogP contribution in [0, 0.1) is 0 Å². The van der Waals surface area contributed by atoms with Crippen LogP contribution in [0.4, 0.5) is 5.69 Å². The summed E-state index contributed by atoms with van der Waals surface area (Å²) in [6, 6.07) is 3.26. The average Bonchev–Trinajstić information content (AvgIpc) is 2.05. The van der Waals surface area contributed by atoms with Crippen molar-refractivity contribution in [3.8, 4) is 0 Å². The zero-order valence-electron chi connectivity index (χ0n) is 9.38. The second-order valence-electron chi connectivity index (χ2n) is 4.43. The molecule has 0 unspecified atom stereocenters. The van der Waals surface area contributed by atoms with Crippen LogP contribution in [0.15, 0.2) is 21.3 Å². The SMILES string of the molecule is CC(=O)Nc1ccc(C(C)(C)C)oc1=O. The standard InChI is InChI=1S/C11H15NO3/c1-7(13)12-8-5-6-9(11(2,3)4)15-10(8)14/h5-6H,1-4H3,(H,12,13). The summed E-state index contributed by atoms with van der Waals surface area (Å²) in [4.78, 5) is 22.2. The van der Waals surface area contributed by atoms with E-state index in [1.165, 1.54) is 6.92 Å². The van der Waals surface area contributed by atoms with E-state index in [1.807, 2.05) is 20.8 Å². The number of nitrogens with one attached hydrogen (secondary N) is 1. The van der Waals surface area contributed by atoms with Crippen LogP contribution in [0.3, 0.4) is 0 Å². The van der Waals surface area contributed by atoms with Gasteiger partial charge in [-0.15, -0.1) is 0 Å². The van der Waals surface area contributed by atoms with E-state index >= 15 is 0 Å². The van der Waals surface area contributed by atoms with Crippen LogP contribution in [-0.2, 0) is 10.2 Å². The van der Waals surface area contributed by atoms with Crippen molar-refractivity contribution in [2.24, 2.45) is 0 Å². The molecule has 0 saturated carbocycles. The smallest absolute Gasteiger partial charge is 0.359 e. The fraction of sp³-hybridized carbons (Fsp3) is 0.455. The van der Waals surface area contributed by atoms with Gasteiger partial charge >= 0.3 is 5.63 Å². The third kappa shape index (κ3) is 2.94. The number of hydrogen-bond donors (Lipinski definition) is 1. The van der Waals surface area contributed by atoms with E-state index in [0.717, 1.165) is 0 Å². The Kier molecular flexibility index (Phi) is 2.98. The topological polar surface area (TPSA) is 59.3 Å². The Labute approximate surface area is 88.3 Å². The molecule has 0 aromatic carbocycles. The first kappa shape index (κ1) is 11.5. The summed E-state index contributed by atoms with van der Waals surface area (Å²) in [6.07, 6.45) is 0. The van der Waals surface area contributed by atoms with E-state index in [-0.39, 0.29) is 17.0 Å². The van der Waals surface area contributed by atoms with Crippen molar-refractivity contribution >= 4 is 11.6 Å². The second kappa shape index (κ2) is 3.88. The molecule has 1 aromatic rings. The van der Waals surface area contributed by atoms with Gasteiger partial charge in [0.2, 0.25) is 5.91 Å². The zero-order chi connectivity index (χ0) is 11.6. The molecule has 1 N–H and O–H groups in total. The highest BCUT2D eigenvalue weighted by molar-refractivity contribution is 5.88. The Morgan fingerprint density at radius 2 is 1.93 bits per heavy atom. The van der Waals surface area contributed by atoms with Crippen LogP contribution in [0.25, 0.3) is 0 Å². The van der Waals surface area contributed by atoms with E-state index in [0.29, 0.717) is 5.76 Å². The van der Waals surface area contributed by atoms with Crippen LogP contribution in [0.5, 0.6) is 0 Å². The Balaban J connectivity index is 3.09. The lowest BCUT2D eigenvalue weighted by atomic mass is 9.93. The van der Waals surface area contributed by atoms with Crippen molar-refractivity contribution in [1.29, 1.82) is 0 Å². The molecule has 0 spiro atoms. The van der Waals surface area contributed by atoms with Crippen molar-refractivity contribution in [2.45, 2.75) is 33.1 Å². The molecule has 0 bridgehead atoms. The van der Waals surface area contributed by atoms with Gasteiger partial charge < -0.3 is 9.73 Å². The zero-order valence-corrected chi connectivity index (χ0v) is 9.38. The third-order valence-corrected chi connectivity index (χ3v) is 1.87. The lowest BCUT2D eigenvalue weighted by Crippen LogP contribution is -2.18. The summed E-state index contributed by atoms with van der Waals surface area (Å²) >= 11 is 0. The highest BCUT2D eigenvalue weighted by Gasteiger charge is 2.17. The van der Waals surface area contributed by atoms with Crippen LogP contribution in [0.1, 0.15) is 33.5 Å². The Morgan fingerprint density at radius 3 is 2.33 bits per heavy atom. The van der Waals surface area contributed by atoms with Gasteiger partial charge in [-0.2, -0.15) is 0 Å². The quantitative estimate of drug-likeness (QED) is 0.768. The van der Waals surface area contributed by atoms with Crippen molar-refractivity contribution < 1.29 is 9.21 Å². The molecule has 0 fully saturated rings. The van der Waals surface area contributed by atoms with Gasteiger partial charge in [0.25, 0.3) is 0 Å². The molecule has 1 rings (SSSR count). The van der Waals surface area contributed by atoms with E-state index in [4.69, 9.17) is 4.42 Å². The summed E-state index contributed by atoms with van der Waals surface area (Å²) in [6.45, 7) is 7.19. The molecule has 0 aliphatic heterocycles. The molecule has 0 radical (unpaired) electrons. The first-order chi connectivity index (χ1) is 6.80. The predicted octanol–water partition coefficient (Wildman–Crippen LogP) is 1.90. The van der Waals surface area contributed by atoms with Gasteiger partial charge in [0.05, 0.1) is 0 Å². The minimum atomic E-state index is -0.516. The number of anilines is 1. The monoisotopic (exact) mass is 209 g/mol. The molecule has 1 amide bonds. The first-order valence-electron chi connectivity index (χ1n) is 4.73. The lowest BCUT2D eigenvalue weighted by molar-refractivity contribution is -0.114. The van der Waals surface area contributed by atoms with Crippen molar-refractivity contribution in [3.05, 3.63) is 28.3 Å². The number of carbonyl (C=O) groups excluding carboxylic acids is 1.